The van der Waals surface area contributed by atoms with Crippen LogP contribution in [0.25, 0.3) is 0 Å². The second kappa shape index (κ2) is 2.31. The highest BCUT2D eigenvalue weighted by Gasteiger charge is 2.27. The second-order valence-corrected chi connectivity index (χ2v) is 7.21. The Hall–Kier alpha value is 0.700. The first kappa shape index (κ1) is 5.83. The fraction of sp³-hybridized carbons (Fsp3) is 1.00. The molecule has 44 valence electrons. The minimum Gasteiger partial charge on any atom is -0.191 e. The molecule has 0 aromatic carbocycles. The summed E-state index contributed by atoms with van der Waals surface area (Å²) >= 11 is 0. The van der Waals surface area contributed by atoms with Crippen LogP contribution in [-0.2, 0) is 0 Å². The maximum Gasteiger partial charge on any atom is 0.0464 e. The topological polar surface area (TPSA) is 0 Å². The average Bonchev–Trinajstić information content (AvgIpc) is 2.22. The lowest BCUT2D eigenvalue weighted by molar-refractivity contribution is 1.10. The minimum atomic E-state index is 0.505. The fourth-order valence-corrected chi connectivity index (χ4v) is 4.66. The lowest BCUT2D eigenvalue weighted by Crippen LogP contribution is -1.71. The quantitative estimate of drug-likeness (QED) is 0.345. The number of hydrogen-bond donors (Lipinski definition) is 1. The molecule has 0 amide bonds. The predicted molar refractivity (Wildman–Crippen MR) is 41.2 cm³/mol. The van der Waals surface area contributed by atoms with Crippen LogP contribution in [0.1, 0.15) is 20.3 Å². The number of rotatable bonds is 2. The molecule has 1 rings (SSSR count). The van der Waals surface area contributed by atoms with Crippen molar-refractivity contribution in [1.82, 2.24) is 0 Å². The van der Waals surface area contributed by atoms with E-state index in [0.717, 1.165) is 4.58 Å². The van der Waals surface area contributed by atoms with E-state index in [1.54, 1.807) is 0 Å². The minimum absolute atomic E-state index is 0.505. The molecule has 1 aliphatic heterocycles. The standard InChI is InChI=1S/C5H12S2/c1-3-4-7-5(2)6-7/h5,7H,3-4H2,1-2H3. The van der Waals surface area contributed by atoms with Crippen LogP contribution in [-0.4, -0.2) is 10.3 Å². The van der Waals surface area contributed by atoms with Gasteiger partial charge in [0, 0.05) is 4.58 Å². The van der Waals surface area contributed by atoms with Crippen LogP contribution in [0.15, 0.2) is 0 Å². The molecule has 0 aromatic heterocycles. The Morgan fingerprint density at radius 1 is 1.71 bits per heavy atom. The first-order valence-corrected chi connectivity index (χ1v) is 5.86. The van der Waals surface area contributed by atoms with Gasteiger partial charge in [-0.3, -0.25) is 0 Å². The third kappa shape index (κ3) is 1.57. The van der Waals surface area contributed by atoms with Crippen LogP contribution < -0.4 is 0 Å². The molecule has 1 heterocycles. The van der Waals surface area contributed by atoms with Crippen molar-refractivity contribution in [3.05, 3.63) is 0 Å². The zero-order chi connectivity index (χ0) is 5.28. The van der Waals surface area contributed by atoms with Gasteiger partial charge in [0.2, 0.25) is 0 Å². The largest absolute Gasteiger partial charge is 0.191 e. The van der Waals surface area contributed by atoms with Crippen molar-refractivity contribution in [3.8, 4) is 0 Å². The van der Waals surface area contributed by atoms with Gasteiger partial charge in [-0.15, -0.1) is 10.8 Å². The highest BCUT2D eigenvalue weighted by molar-refractivity contribution is 9.00. The van der Waals surface area contributed by atoms with Gasteiger partial charge in [0.05, 0.1) is 0 Å². The maximum absolute atomic E-state index is 2.34. The molecule has 1 fully saturated rings. The Balaban J connectivity index is 1.98. The summed E-state index contributed by atoms with van der Waals surface area (Å²) < 4.78 is 1.05. The highest BCUT2D eigenvalue weighted by Crippen LogP contribution is 2.68. The van der Waals surface area contributed by atoms with E-state index in [-0.39, 0.29) is 0 Å². The van der Waals surface area contributed by atoms with Crippen LogP contribution in [0.5, 0.6) is 0 Å². The summed E-state index contributed by atoms with van der Waals surface area (Å²) in [4.78, 5) is 0. The molecule has 2 atom stereocenters. The van der Waals surface area contributed by atoms with E-state index in [9.17, 15) is 0 Å². The zero-order valence-electron chi connectivity index (χ0n) is 4.85. The maximum atomic E-state index is 2.34. The molecule has 0 aliphatic carbocycles. The molecule has 0 bridgehead atoms. The molecular weight excluding hydrogens is 124 g/mol. The number of thiol groups is 1. The molecule has 0 saturated carbocycles. The SMILES string of the molecule is CCC[SH]1SC1C. The summed E-state index contributed by atoms with van der Waals surface area (Å²) in [6.45, 7) is 4.61. The number of hydrogen-bond acceptors (Lipinski definition) is 1. The van der Waals surface area contributed by atoms with Crippen molar-refractivity contribution in [1.29, 1.82) is 0 Å². The molecule has 1 saturated heterocycles. The lowest BCUT2D eigenvalue weighted by atomic mass is 10.6. The smallest absolute Gasteiger partial charge is 0.0464 e. The summed E-state index contributed by atoms with van der Waals surface area (Å²) in [6.07, 6.45) is 1.39. The van der Waals surface area contributed by atoms with Gasteiger partial charge in [-0.25, -0.2) is 0 Å². The van der Waals surface area contributed by atoms with Gasteiger partial charge < -0.3 is 0 Å². The van der Waals surface area contributed by atoms with Gasteiger partial charge in [-0.05, 0) is 19.1 Å². The van der Waals surface area contributed by atoms with Crippen molar-refractivity contribution in [2.24, 2.45) is 0 Å². The van der Waals surface area contributed by atoms with Crippen LogP contribution in [0.4, 0.5) is 0 Å². The van der Waals surface area contributed by atoms with E-state index in [2.05, 4.69) is 24.6 Å². The first-order valence-electron chi connectivity index (χ1n) is 2.78. The molecule has 0 N–H and O–H groups in total. The first-order chi connectivity index (χ1) is 3.34. The van der Waals surface area contributed by atoms with Crippen LogP contribution in [0.2, 0.25) is 0 Å². The van der Waals surface area contributed by atoms with E-state index in [0.29, 0.717) is 9.93 Å². The van der Waals surface area contributed by atoms with Gasteiger partial charge in [0.15, 0.2) is 0 Å². The monoisotopic (exact) mass is 136 g/mol. The summed E-state index contributed by atoms with van der Waals surface area (Å²) in [5, 5.41) is 0. The summed E-state index contributed by atoms with van der Waals surface area (Å²) in [7, 11) is 2.69. The zero-order valence-corrected chi connectivity index (χ0v) is 6.56. The normalized spacial score (nSPS) is 43.7. The van der Waals surface area contributed by atoms with Gasteiger partial charge in [-0.2, -0.15) is 9.93 Å². The molecular formula is C5H12S2. The molecule has 0 nitrogen and oxygen atoms in total. The summed E-state index contributed by atoms with van der Waals surface area (Å²) in [5.74, 6) is 1.50. The fourth-order valence-electron chi connectivity index (χ4n) is 0.624. The van der Waals surface area contributed by atoms with Crippen molar-refractivity contribution in [2.45, 2.75) is 24.9 Å². The Bertz CT molecular complexity index is 63.1. The van der Waals surface area contributed by atoms with Gasteiger partial charge in [-0.1, -0.05) is 6.92 Å². The third-order valence-electron chi connectivity index (χ3n) is 1.09. The molecule has 0 spiro atoms. The van der Waals surface area contributed by atoms with E-state index in [4.69, 9.17) is 0 Å². The van der Waals surface area contributed by atoms with Crippen LogP contribution in [0, 0.1) is 0 Å². The molecule has 1 aliphatic rings. The lowest BCUT2D eigenvalue weighted by Gasteiger charge is -1.89. The molecule has 0 radical (unpaired) electrons. The Kier molecular flexibility index (Phi) is 1.93. The second-order valence-electron chi connectivity index (χ2n) is 1.85. The Labute approximate surface area is 51.8 Å². The average molecular weight is 136 g/mol. The van der Waals surface area contributed by atoms with Crippen molar-refractivity contribution < 1.29 is 0 Å². The van der Waals surface area contributed by atoms with Crippen molar-refractivity contribution in [2.75, 3.05) is 5.75 Å². The summed E-state index contributed by atoms with van der Waals surface area (Å²) in [5.41, 5.74) is 0. The molecule has 0 aromatic rings. The third-order valence-corrected chi connectivity index (χ3v) is 6.62. The summed E-state index contributed by atoms with van der Waals surface area (Å²) in [6, 6.07) is 0. The van der Waals surface area contributed by atoms with Crippen molar-refractivity contribution in [3.63, 3.8) is 0 Å². The highest BCUT2D eigenvalue weighted by atomic mass is 33.2. The van der Waals surface area contributed by atoms with Gasteiger partial charge >= 0.3 is 0 Å². The molecule has 2 heteroatoms. The van der Waals surface area contributed by atoms with Crippen molar-refractivity contribution >= 4 is 20.7 Å². The van der Waals surface area contributed by atoms with Crippen LogP contribution in [0.3, 0.4) is 0 Å². The van der Waals surface area contributed by atoms with Gasteiger partial charge in [0.25, 0.3) is 0 Å². The molecule has 7 heavy (non-hydrogen) atoms. The van der Waals surface area contributed by atoms with E-state index in [1.807, 2.05) is 0 Å². The van der Waals surface area contributed by atoms with E-state index < -0.39 is 0 Å². The van der Waals surface area contributed by atoms with E-state index >= 15 is 0 Å². The van der Waals surface area contributed by atoms with Gasteiger partial charge in [0.1, 0.15) is 0 Å². The molecule has 2 unspecified atom stereocenters. The Morgan fingerprint density at radius 3 is 2.43 bits per heavy atom. The predicted octanol–water partition coefficient (Wildman–Crippen LogP) is 2.41. The van der Waals surface area contributed by atoms with E-state index in [1.165, 1.54) is 12.2 Å². The van der Waals surface area contributed by atoms with Crippen LogP contribution >= 0.6 is 20.7 Å². The Morgan fingerprint density at radius 2 is 2.29 bits per heavy atom.